The monoisotopic (exact) mass is 207 g/mol. The third-order valence-corrected chi connectivity index (χ3v) is 2.90. The number of anilines is 1. The van der Waals surface area contributed by atoms with Crippen molar-refractivity contribution in [2.24, 2.45) is 0 Å². The van der Waals surface area contributed by atoms with E-state index in [-0.39, 0.29) is 0 Å². The second kappa shape index (κ2) is 4.53. The quantitative estimate of drug-likeness (QED) is 0.756. The Labute approximate surface area is 90.6 Å². The SMILES string of the molecule is COc1ccccc1N1CC[C@@H](OC)C1. The summed E-state index contributed by atoms with van der Waals surface area (Å²) < 4.78 is 10.7. The van der Waals surface area contributed by atoms with Gasteiger partial charge in [0.1, 0.15) is 5.75 Å². The first kappa shape index (κ1) is 10.3. The van der Waals surface area contributed by atoms with Crippen molar-refractivity contribution < 1.29 is 9.47 Å². The first-order valence-corrected chi connectivity index (χ1v) is 5.26. The molecule has 0 spiro atoms. The van der Waals surface area contributed by atoms with E-state index >= 15 is 0 Å². The molecule has 0 bridgehead atoms. The first-order chi connectivity index (χ1) is 7.35. The molecule has 0 aromatic heterocycles. The molecule has 15 heavy (non-hydrogen) atoms. The first-order valence-electron chi connectivity index (χ1n) is 5.26. The second-order valence-electron chi connectivity index (χ2n) is 3.76. The van der Waals surface area contributed by atoms with Crippen LogP contribution in [0.3, 0.4) is 0 Å². The highest BCUT2D eigenvalue weighted by molar-refractivity contribution is 5.59. The smallest absolute Gasteiger partial charge is 0.142 e. The summed E-state index contributed by atoms with van der Waals surface area (Å²) in [6, 6.07) is 8.12. The Hall–Kier alpha value is -1.22. The summed E-state index contributed by atoms with van der Waals surface area (Å²) in [5, 5.41) is 0. The molecule has 1 aliphatic heterocycles. The highest BCUT2D eigenvalue weighted by atomic mass is 16.5. The molecule has 0 aliphatic carbocycles. The van der Waals surface area contributed by atoms with Crippen molar-refractivity contribution in [2.75, 3.05) is 32.2 Å². The van der Waals surface area contributed by atoms with Crippen molar-refractivity contribution in [1.82, 2.24) is 0 Å². The number of rotatable bonds is 3. The molecule has 1 atom stereocenters. The molecule has 0 amide bonds. The summed E-state index contributed by atoms with van der Waals surface area (Å²) in [6.45, 7) is 2.00. The minimum Gasteiger partial charge on any atom is -0.495 e. The maximum atomic E-state index is 5.35. The number of methoxy groups -OCH3 is 2. The van der Waals surface area contributed by atoms with Gasteiger partial charge < -0.3 is 14.4 Å². The molecule has 1 heterocycles. The zero-order chi connectivity index (χ0) is 10.7. The highest BCUT2D eigenvalue weighted by Gasteiger charge is 2.23. The van der Waals surface area contributed by atoms with Crippen molar-refractivity contribution in [3.8, 4) is 5.75 Å². The molecule has 1 fully saturated rings. The lowest BCUT2D eigenvalue weighted by atomic mass is 10.2. The molecule has 0 unspecified atom stereocenters. The molecule has 3 heteroatoms. The van der Waals surface area contributed by atoms with Gasteiger partial charge in [0.05, 0.1) is 18.9 Å². The predicted molar refractivity (Wildman–Crippen MR) is 60.6 cm³/mol. The topological polar surface area (TPSA) is 21.7 Å². The zero-order valence-electron chi connectivity index (χ0n) is 9.27. The largest absolute Gasteiger partial charge is 0.495 e. The van der Waals surface area contributed by atoms with Crippen molar-refractivity contribution in [2.45, 2.75) is 12.5 Å². The van der Waals surface area contributed by atoms with Gasteiger partial charge in [-0.3, -0.25) is 0 Å². The minimum absolute atomic E-state index is 0.356. The van der Waals surface area contributed by atoms with Crippen LogP contribution in [0.1, 0.15) is 6.42 Å². The second-order valence-corrected chi connectivity index (χ2v) is 3.76. The van der Waals surface area contributed by atoms with E-state index in [0.717, 1.165) is 25.3 Å². The van der Waals surface area contributed by atoms with Crippen LogP contribution in [0, 0.1) is 0 Å². The Morgan fingerprint density at radius 3 is 2.73 bits per heavy atom. The maximum absolute atomic E-state index is 5.35. The number of para-hydroxylation sites is 2. The maximum Gasteiger partial charge on any atom is 0.142 e. The molecule has 1 aliphatic rings. The fourth-order valence-electron chi connectivity index (χ4n) is 2.03. The van der Waals surface area contributed by atoms with Gasteiger partial charge in [0.2, 0.25) is 0 Å². The normalized spacial score (nSPS) is 20.7. The lowest BCUT2D eigenvalue weighted by molar-refractivity contribution is 0.121. The van der Waals surface area contributed by atoms with Gasteiger partial charge in [-0.05, 0) is 18.6 Å². The van der Waals surface area contributed by atoms with E-state index in [4.69, 9.17) is 9.47 Å². The van der Waals surface area contributed by atoms with Crippen LogP contribution in [0.4, 0.5) is 5.69 Å². The molecular weight excluding hydrogens is 190 g/mol. The van der Waals surface area contributed by atoms with Crippen LogP contribution in [0.5, 0.6) is 5.75 Å². The Kier molecular flexibility index (Phi) is 3.11. The van der Waals surface area contributed by atoms with Crippen molar-refractivity contribution >= 4 is 5.69 Å². The molecule has 1 aromatic rings. The standard InChI is InChI=1S/C12H17NO2/c1-14-10-7-8-13(9-10)11-5-3-4-6-12(11)15-2/h3-6,10H,7-9H2,1-2H3/t10-/m1/s1. The highest BCUT2D eigenvalue weighted by Crippen LogP contribution is 2.30. The lowest BCUT2D eigenvalue weighted by Gasteiger charge is -2.20. The van der Waals surface area contributed by atoms with Crippen LogP contribution in [0.25, 0.3) is 0 Å². The molecule has 2 rings (SSSR count). The van der Waals surface area contributed by atoms with E-state index in [1.54, 1.807) is 14.2 Å². The summed E-state index contributed by atoms with van der Waals surface area (Å²) >= 11 is 0. The van der Waals surface area contributed by atoms with Gasteiger partial charge in [-0.25, -0.2) is 0 Å². The molecule has 0 saturated carbocycles. The Morgan fingerprint density at radius 1 is 1.27 bits per heavy atom. The van der Waals surface area contributed by atoms with Crippen molar-refractivity contribution in [3.05, 3.63) is 24.3 Å². The lowest BCUT2D eigenvalue weighted by Crippen LogP contribution is -2.22. The number of hydrogen-bond donors (Lipinski definition) is 0. The van der Waals surface area contributed by atoms with Crippen molar-refractivity contribution in [3.63, 3.8) is 0 Å². The average molecular weight is 207 g/mol. The van der Waals surface area contributed by atoms with Crippen LogP contribution >= 0.6 is 0 Å². The van der Waals surface area contributed by atoms with E-state index in [1.165, 1.54) is 5.69 Å². The zero-order valence-corrected chi connectivity index (χ0v) is 9.27. The van der Waals surface area contributed by atoms with Gasteiger partial charge in [-0.2, -0.15) is 0 Å². The van der Waals surface area contributed by atoms with E-state index in [9.17, 15) is 0 Å². The fraction of sp³-hybridized carbons (Fsp3) is 0.500. The number of hydrogen-bond acceptors (Lipinski definition) is 3. The Balaban J connectivity index is 2.16. The summed E-state index contributed by atoms with van der Waals surface area (Å²) in [5.41, 5.74) is 1.17. The van der Waals surface area contributed by atoms with Crippen LogP contribution in [0.2, 0.25) is 0 Å². The summed E-state index contributed by atoms with van der Waals surface area (Å²) in [6.07, 6.45) is 1.45. The molecule has 1 saturated heterocycles. The van der Waals surface area contributed by atoms with Crippen LogP contribution in [-0.4, -0.2) is 33.4 Å². The van der Waals surface area contributed by atoms with Gasteiger partial charge in [-0.1, -0.05) is 12.1 Å². The fourth-order valence-corrected chi connectivity index (χ4v) is 2.03. The van der Waals surface area contributed by atoms with Gasteiger partial charge >= 0.3 is 0 Å². The van der Waals surface area contributed by atoms with E-state index in [2.05, 4.69) is 11.0 Å². The third-order valence-electron chi connectivity index (χ3n) is 2.90. The van der Waals surface area contributed by atoms with Crippen LogP contribution in [0.15, 0.2) is 24.3 Å². The molecular formula is C12H17NO2. The number of nitrogens with zero attached hydrogens (tertiary/aromatic N) is 1. The Bertz CT molecular complexity index is 327. The molecule has 82 valence electrons. The van der Waals surface area contributed by atoms with Crippen LogP contribution in [-0.2, 0) is 4.74 Å². The van der Waals surface area contributed by atoms with Gasteiger partial charge in [0.25, 0.3) is 0 Å². The summed E-state index contributed by atoms with van der Waals surface area (Å²) in [5.74, 6) is 0.939. The predicted octanol–water partition coefficient (Wildman–Crippen LogP) is 1.92. The number of ether oxygens (including phenoxy) is 2. The third kappa shape index (κ3) is 2.07. The van der Waals surface area contributed by atoms with Crippen molar-refractivity contribution in [1.29, 1.82) is 0 Å². The molecule has 0 radical (unpaired) electrons. The minimum atomic E-state index is 0.356. The molecule has 1 aromatic carbocycles. The van der Waals surface area contributed by atoms with Gasteiger partial charge in [0.15, 0.2) is 0 Å². The summed E-state index contributed by atoms with van der Waals surface area (Å²) in [7, 11) is 3.49. The van der Waals surface area contributed by atoms with E-state index in [1.807, 2.05) is 18.2 Å². The van der Waals surface area contributed by atoms with Crippen LogP contribution < -0.4 is 9.64 Å². The van der Waals surface area contributed by atoms with Gasteiger partial charge in [-0.15, -0.1) is 0 Å². The molecule has 0 N–H and O–H groups in total. The van der Waals surface area contributed by atoms with Gasteiger partial charge in [0, 0.05) is 20.2 Å². The van der Waals surface area contributed by atoms with E-state index < -0.39 is 0 Å². The molecule has 3 nitrogen and oxygen atoms in total. The van der Waals surface area contributed by atoms with E-state index in [0.29, 0.717) is 6.10 Å². The Morgan fingerprint density at radius 2 is 2.07 bits per heavy atom. The summed E-state index contributed by atoms with van der Waals surface area (Å²) in [4.78, 5) is 2.31. The average Bonchev–Trinajstić information content (AvgIpc) is 2.77. The number of benzene rings is 1.